The standard InChI is InChI=1S/C27H47NO/c1-17(2)7-6-8-18(3)21-9-10-22-20-16-25(29)24-15-19(28)11-13-27(24,5)23(20)12-14-26(21,22)4/h17-24H,6-16,28H2,1-5H3/t18-,19-,20+,21-,22+,23+,24?,26-,27-/m1/s1. The highest BCUT2D eigenvalue weighted by Crippen LogP contribution is 2.67. The first-order chi connectivity index (χ1) is 13.7. The predicted molar refractivity (Wildman–Crippen MR) is 121 cm³/mol. The van der Waals surface area contributed by atoms with Gasteiger partial charge in [-0.25, -0.2) is 0 Å². The van der Waals surface area contributed by atoms with E-state index in [4.69, 9.17) is 5.73 Å². The Kier molecular flexibility index (Phi) is 5.99. The first-order valence-electron chi connectivity index (χ1n) is 12.9. The Morgan fingerprint density at radius 3 is 2.38 bits per heavy atom. The monoisotopic (exact) mass is 401 g/mol. The van der Waals surface area contributed by atoms with Gasteiger partial charge in [-0.2, -0.15) is 0 Å². The molecule has 4 aliphatic rings. The molecule has 4 rings (SSSR count). The molecule has 0 aromatic carbocycles. The second-order valence-electron chi connectivity index (χ2n) is 12.7. The number of carbonyl (C=O) groups excluding carboxylic acids is 1. The van der Waals surface area contributed by atoms with E-state index in [-0.39, 0.29) is 17.4 Å². The summed E-state index contributed by atoms with van der Waals surface area (Å²) >= 11 is 0. The maximum atomic E-state index is 13.3. The smallest absolute Gasteiger partial charge is 0.136 e. The highest BCUT2D eigenvalue weighted by Gasteiger charge is 2.62. The Bertz CT molecular complexity index is 614. The second-order valence-corrected chi connectivity index (χ2v) is 12.7. The van der Waals surface area contributed by atoms with E-state index in [0.29, 0.717) is 17.1 Å². The van der Waals surface area contributed by atoms with Crippen LogP contribution in [-0.2, 0) is 4.79 Å². The zero-order chi connectivity index (χ0) is 21.0. The van der Waals surface area contributed by atoms with Crippen molar-refractivity contribution in [3.05, 3.63) is 0 Å². The number of carbonyl (C=O) groups is 1. The SMILES string of the molecule is CC(C)CCC[C@@H](C)[C@H]1CC[C@H]2[C@@H]3CC(=O)C4C[C@H](N)CC[C@]4(C)[C@H]3CC[C@]12C. The van der Waals surface area contributed by atoms with Crippen LogP contribution in [-0.4, -0.2) is 11.8 Å². The molecule has 4 saturated carbocycles. The van der Waals surface area contributed by atoms with Gasteiger partial charge in [0.25, 0.3) is 0 Å². The van der Waals surface area contributed by atoms with Crippen molar-refractivity contribution in [2.24, 2.45) is 58.0 Å². The van der Waals surface area contributed by atoms with Gasteiger partial charge in [-0.15, -0.1) is 0 Å². The number of rotatable bonds is 5. The summed E-state index contributed by atoms with van der Waals surface area (Å²) in [5, 5.41) is 0. The first kappa shape index (κ1) is 21.8. The van der Waals surface area contributed by atoms with E-state index < -0.39 is 0 Å². The molecule has 0 bridgehead atoms. The summed E-state index contributed by atoms with van der Waals surface area (Å²) in [6.45, 7) is 12.3. The Labute approximate surface area is 180 Å². The van der Waals surface area contributed by atoms with E-state index in [0.717, 1.165) is 48.9 Å². The molecule has 0 aromatic rings. The molecule has 0 spiro atoms. The van der Waals surface area contributed by atoms with Crippen LogP contribution in [0.1, 0.15) is 105 Å². The summed E-state index contributed by atoms with van der Waals surface area (Å²) in [6, 6.07) is 0.255. The van der Waals surface area contributed by atoms with Crippen LogP contribution in [0.2, 0.25) is 0 Å². The summed E-state index contributed by atoms with van der Waals surface area (Å²) in [7, 11) is 0. The highest BCUT2D eigenvalue weighted by atomic mass is 16.1. The molecule has 2 N–H and O–H groups in total. The minimum absolute atomic E-state index is 0.234. The number of nitrogens with two attached hydrogens (primary N) is 1. The van der Waals surface area contributed by atoms with E-state index in [1.807, 2.05) is 0 Å². The molecular weight excluding hydrogens is 354 g/mol. The summed E-state index contributed by atoms with van der Waals surface area (Å²) < 4.78 is 0. The van der Waals surface area contributed by atoms with E-state index in [1.165, 1.54) is 51.4 Å². The molecule has 2 nitrogen and oxygen atoms in total. The first-order valence-corrected chi connectivity index (χ1v) is 12.9. The lowest BCUT2D eigenvalue weighted by Gasteiger charge is -2.60. The predicted octanol–water partition coefficient (Wildman–Crippen LogP) is 6.61. The zero-order valence-corrected chi connectivity index (χ0v) is 19.9. The van der Waals surface area contributed by atoms with Crippen molar-refractivity contribution in [1.29, 1.82) is 0 Å². The Morgan fingerprint density at radius 1 is 0.966 bits per heavy atom. The van der Waals surface area contributed by atoms with Crippen molar-refractivity contribution in [3.8, 4) is 0 Å². The average Bonchev–Trinajstić information content (AvgIpc) is 3.00. The number of ketones is 1. The van der Waals surface area contributed by atoms with Gasteiger partial charge in [0.1, 0.15) is 5.78 Å². The van der Waals surface area contributed by atoms with Gasteiger partial charge in [0.05, 0.1) is 0 Å². The molecule has 4 fully saturated rings. The van der Waals surface area contributed by atoms with E-state index >= 15 is 0 Å². The molecule has 1 unspecified atom stereocenters. The van der Waals surface area contributed by atoms with Crippen LogP contribution in [0.25, 0.3) is 0 Å². The Morgan fingerprint density at radius 2 is 1.66 bits per heavy atom. The minimum atomic E-state index is 0.234. The van der Waals surface area contributed by atoms with Crippen LogP contribution in [0.15, 0.2) is 0 Å². The summed E-state index contributed by atoms with van der Waals surface area (Å²) in [4.78, 5) is 13.3. The lowest BCUT2D eigenvalue weighted by molar-refractivity contribution is -0.155. The van der Waals surface area contributed by atoms with Crippen molar-refractivity contribution in [3.63, 3.8) is 0 Å². The molecule has 2 heteroatoms. The van der Waals surface area contributed by atoms with Crippen LogP contribution < -0.4 is 5.73 Å². The van der Waals surface area contributed by atoms with E-state index in [9.17, 15) is 4.79 Å². The molecule has 4 aliphatic carbocycles. The van der Waals surface area contributed by atoms with E-state index in [1.54, 1.807) is 0 Å². The third-order valence-electron chi connectivity index (χ3n) is 10.7. The van der Waals surface area contributed by atoms with Crippen molar-refractivity contribution >= 4 is 5.78 Å². The second kappa shape index (κ2) is 7.95. The maximum Gasteiger partial charge on any atom is 0.136 e. The number of fused-ring (bicyclic) bond motifs is 5. The Hall–Kier alpha value is -0.370. The molecule has 0 radical (unpaired) electrons. The average molecular weight is 402 g/mol. The van der Waals surface area contributed by atoms with Gasteiger partial charge in [-0.05, 0) is 91.3 Å². The summed E-state index contributed by atoms with van der Waals surface area (Å²) in [5.41, 5.74) is 7.01. The molecule has 0 aliphatic heterocycles. The molecule has 0 amide bonds. The van der Waals surface area contributed by atoms with E-state index in [2.05, 4.69) is 34.6 Å². The minimum Gasteiger partial charge on any atom is -0.328 e. The summed E-state index contributed by atoms with van der Waals surface area (Å²) in [5.74, 6) is 5.59. The topological polar surface area (TPSA) is 43.1 Å². The molecule has 0 heterocycles. The molecular formula is C27H47NO. The number of hydrogen-bond acceptors (Lipinski definition) is 2. The zero-order valence-electron chi connectivity index (χ0n) is 19.9. The van der Waals surface area contributed by atoms with Gasteiger partial charge in [-0.1, -0.05) is 53.9 Å². The van der Waals surface area contributed by atoms with Gasteiger partial charge in [0, 0.05) is 18.4 Å². The quantitative estimate of drug-likeness (QED) is 0.563. The largest absolute Gasteiger partial charge is 0.328 e. The lowest BCUT2D eigenvalue weighted by atomic mass is 9.44. The molecule has 29 heavy (non-hydrogen) atoms. The third kappa shape index (κ3) is 3.64. The van der Waals surface area contributed by atoms with Crippen LogP contribution in [0.4, 0.5) is 0 Å². The van der Waals surface area contributed by atoms with Crippen LogP contribution in [0.3, 0.4) is 0 Å². The van der Waals surface area contributed by atoms with Crippen molar-refractivity contribution in [2.45, 2.75) is 111 Å². The van der Waals surface area contributed by atoms with Gasteiger partial charge >= 0.3 is 0 Å². The highest BCUT2D eigenvalue weighted by molar-refractivity contribution is 5.83. The van der Waals surface area contributed by atoms with Gasteiger partial charge in [0.15, 0.2) is 0 Å². The maximum absolute atomic E-state index is 13.3. The van der Waals surface area contributed by atoms with Crippen molar-refractivity contribution in [1.82, 2.24) is 0 Å². The third-order valence-corrected chi connectivity index (χ3v) is 10.7. The number of hydrogen-bond donors (Lipinski definition) is 1. The normalized spacial score (nSPS) is 48.2. The van der Waals surface area contributed by atoms with Crippen molar-refractivity contribution in [2.75, 3.05) is 0 Å². The van der Waals surface area contributed by atoms with Gasteiger partial charge in [-0.3, -0.25) is 4.79 Å². The number of Topliss-reactive ketones (excluding diaryl/α,β-unsaturated/α-hetero) is 1. The van der Waals surface area contributed by atoms with Gasteiger partial charge in [0.2, 0.25) is 0 Å². The van der Waals surface area contributed by atoms with Crippen LogP contribution in [0, 0.1) is 52.3 Å². The fourth-order valence-electron chi connectivity index (χ4n) is 9.09. The van der Waals surface area contributed by atoms with Gasteiger partial charge < -0.3 is 5.73 Å². The lowest BCUT2D eigenvalue weighted by Crippen LogP contribution is -2.57. The molecule has 0 saturated heterocycles. The fourth-order valence-corrected chi connectivity index (χ4v) is 9.09. The molecule has 0 aromatic heterocycles. The summed E-state index contributed by atoms with van der Waals surface area (Å²) in [6.07, 6.45) is 13.8. The molecule has 9 atom stereocenters. The molecule has 166 valence electrons. The Balaban J connectivity index is 1.50. The van der Waals surface area contributed by atoms with Crippen LogP contribution >= 0.6 is 0 Å². The van der Waals surface area contributed by atoms with Crippen LogP contribution in [0.5, 0.6) is 0 Å². The fraction of sp³-hybridized carbons (Fsp3) is 0.963. The van der Waals surface area contributed by atoms with Crippen molar-refractivity contribution < 1.29 is 4.79 Å².